The van der Waals surface area contributed by atoms with Crippen molar-refractivity contribution in [3.05, 3.63) is 87.5 Å². The molecule has 5 rings (SSSR count). The average molecular weight is 569 g/mol. The summed E-state index contributed by atoms with van der Waals surface area (Å²) in [5, 5.41) is 3.25. The van der Waals surface area contributed by atoms with Crippen LogP contribution >= 0.6 is 11.6 Å². The standard InChI is InChI=1S/C28H25ClN2O7S/c1-18-2-4-19(5-3-18)27-28(26(33)23-16-20(29)6-11-24(23)38-27)37-17-25(32)30-21-7-9-22(10-8-21)39(34,35)31-12-14-36-15-13-31/h2-11,16H,12-15,17H2,1H3,(H,30,32). The molecule has 1 aromatic heterocycles. The average Bonchev–Trinajstić information content (AvgIpc) is 2.94. The van der Waals surface area contributed by atoms with Gasteiger partial charge >= 0.3 is 0 Å². The lowest BCUT2D eigenvalue weighted by Crippen LogP contribution is -2.40. The number of ether oxygens (including phenoxy) is 2. The van der Waals surface area contributed by atoms with Gasteiger partial charge < -0.3 is 19.2 Å². The Hall–Kier alpha value is -3.70. The van der Waals surface area contributed by atoms with Crippen molar-refractivity contribution < 1.29 is 27.1 Å². The molecule has 0 unspecified atom stereocenters. The van der Waals surface area contributed by atoms with Gasteiger partial charge in [-0.2, -0.15) is 4.31 Å². The van der Waals surface area contributed by atoms with Gasteiger partial charge in [0.25, 0.3) is 5.91 Å². The number of hydrogen-bond donors (Lipinski definition) is 1. The third-order valence-corrected chi connectivity index (χ3v) is 8.37. The van der Waals surface area contributed by atoms with Crippen LogP contribution in [0.3, 0.4) is 0 Å². The molecule has 2 heterocycles. The molecule has 0 spiro atoms. The van der Waals surface area contributed by atoms with Gasteiger partial charge in [0.1, 0.15) is 5.58 Å². The van der Waals surface area contributed by atoms with E-state index in [2.05, 4.69) is 5.32 Å². The Balaban J connectivity index is 1.34. The molecule has 1 fully saturated rings. The summed E-state index contributed by atoms with van der Waals surface area (Å²) in [7, 11) is -3.65. The zero-order valence-electron chi connectivity index (χ0n) is 21.0. The van der Waals surface area contributed by atoms with Gasteiger partial charge in [-0.1, -0.05) is 41.4 Å². The number of sulfonamides is 1. The third-order valence-electron chi connectivity index (χ3n) is 6.22. The molecule has 3 aromatic carbocycles. The van der Waals surface area contributed by atoms with Crippen molar-refractivity contribution >= 4 is 44.2 Å². The Morgan fingerprint density at radius 3 is 2.41 bits per heavy atom. The number of carbonyl (C=O) groups is 1. The summed E-state index contributed by atoms with van der Waals surface area (Å²) in [6, 6.07) is 17.9. The minimum Gasteiger partial charge on any atom is -0.476 e. The fraction of sp³-hybridized carbons (Fsp3) is 0.214. The van der Waals surface area contributed by atoms with E-state index in [1.165, 1.54) is 34.6 Å². The molecule has 0 bridgehead atoms. The van der Waals surface area contributed by atoms with E-state index < -0.39 is 28.0 Å². The van der Waals surface area contributed by atoms with Crippen LogP contribution in [-0.2, 0) is 19.6 Å². The fourth-order valence-electron chi connectivity index (χ4n) is 4.16. The zero-order chi connectivity index (χ0) is 27.6. The molecule has 11 heteroatoms. The highest BCUT2D eigenvalue weighted by Crippen LogP contribution is 2.32. The first-order valence-electron chi connectivity index (χ1n) is 12.2. The van der Waals surface area contributed by atoms with Gasteiger partial charge in [0.05, 0.1) is 23.5 Å². The molecule has 1 N–H and O–H groups in total. The molecule has 1 aliphatic rings. The molecule has 0 aliphatic carbocycles. The van der Waals surface area contributed by atoms with E-state index in [0.717, 1.165) is 5.56 Å². The lowest BCUT2D eigenvalue weighted by atomic mass is 10.1. The van der Waals surface area contributed by atoms with E-state index in [0.29, 0.717) is 35.1 Å². The van der Waals surface area contributed by atoms with Crippen LogP contribution in [0.15, 0.2) is 80.8 Å². The van der Waals surface area contributed by atoms with Gasteiger partial charge in [-0.15, -0.1) is 0 Å². The predicted molar refractivity (Wildman–Crippen MR) is 148 cm³/mol. The number of morpholine rings is 1. The summed E-state index contributed by atoms with van der Waals surface area (Å²) in [5.74, 6) is -0.463. The maximum Gasteiger partial charge on any atom is 0.262 e. The Morgan fingerprint density at radius 1 is 1.03 bits per heavy atom. The summed E-state index contributed by atoms with van der Waals surface area (Å²) < 4.78 is 43.9. The molecule has 0 radical (unpaired) electrons. The van der Waals surface area contributed by atoms with Crippen LogP contribution in [0, 0.1) is 6.92 Å². The maximum absolute atomic E-state index is 13.3. The Labute approximate surface area is 230 Å². The van der Waals surface area contributed by atoms with Crippen molar-refractivity contribution in [3.63, 3.8) is 0 Å². The Morgan fingerprint density at radius 2 is 1.72 bits per heavy atom. The monoisotopic (exact) mass is 568 g/mol. The number of rotatable bonds is 7. The van der Waals surface area contributed by atoms with Crippen molar-refractivity contribution in [1.29, 1.82) is 0 Å². The number of carbonyl (C=O) groups excluding carboxylic acids is 1. The first kappa shape index (κ1) is 26.9. The minimum absolute atomic E-state index is 0.115. The van der Waals surface area contributed by atoms with Gasteiger partial charge in [-0.25, -0.2) is 8.42 Å². The second-order valence-corrected chi connectivity index (χ2v) is 11.3. The van der Waals surface area contributed by atoms with Gasteiger partial charge in [0.2, 0.25) is 21.2 Å². The normalized spacial score (nSPS) is 14.3. The molecular formula is C28H25ClN2O7S. The number of aryl methyl sites for hydroxylation is 1. The summed E-state index contributed by atoms with van der Waals surface area (Å²) in [5.41, 5.74) is 1.89. The lowest BCUT2D eigenvalue weighted by Gasteiger charge is -2.26. The lowest BCUT2D eigenvalue weighted by molar-refractivity contribution is -0.118. The van der Waals surface area contributed by atoms with E-state index in [1.54, 1.807) is 24.3 Å². The fourth-order valence-corrected chi connectivity index (χ4v) is 5.74. The zero-order valence-corrected chi connectivity index (χ0v) is 22.5. The molecule has 0 atom stereocenters. The highest BCUT2D eigenvalue weighted by Gasteiger charge is 2.26. The van der Waals surface area contributed by atoms with Gasteiger partial charge in [-0.05, 0) is 49.4 Å². The van der Waals surface area contributed by atoms with E-state index in [4.69, 9.17) is 25.5 Å². The second-order valence-electron chi connectivity index (χ2n) is 8.97. The molecule has 1 amide bonds. The number of benzene rings is 3. The van der Waals surface area contributed by atoms with Gasteiger partial charge in [0.15, 0.2) is 12.4 Å². The van der Waals surface area contributed by atoms with E-state index in [-0.39, 0.29) is 34.9 Å². The van der Waals surface area contributed by atoms with Crippen molar-refractivity contribution in [2.45, 2.75) is 11.8 Å². The van der Waals surface area contributed by atoms with Crippen LogP contribution < -0.4 is 15.5 Å². The first-order chi connectivity index (χ1) is 18.7. The van der Waals surface area contributed by atoms with Crippen molar-refractivity contribution in [3.8, 4) is 17.1 Å². The van der Waals surface area contributed by atoms with Crippen LogP contribution in [0.2, 0.25) is 5.02 Å². The van der Waals surface area contributed by atoms with Gasteiger partial charge in [-0.3, -0.25) is 9.59 Å². The molecule has 39 heavy (non-hydrogen) atoms. The highest BCUT2D eigenvalue weighted by atomic mass is 35.5. The molecule has 202 valence electrons. The van der Waals surface area contributed by atoms with Crippen LogP contribution in [0.1, 0.15) is 5.56 Å². The van der Waals surface area contributed by atoms with Crippen LogP contribution in [0.5, 0.6) is 5.75 Å². The number of anilines is 1. The number of fused-ring (bicyclic) bond motifs is 1. The number of nitrogens with one attached hydrogen (secondary N) is 1. The highest BCUT2D eigenvalue weighted by molar-refractivity contribution is 7.89. The third kappa shape index (κ3) is 5.84. The van der Waals surface area contributed by atoms with Crippen molar-refractivity contribution in [2.75, 3.05) is 38.2 Å². The summed E-state index contributed by atoms with van der Waals surface area (Å²) >= 11 is 6.09. The number of hydrogen-bond acceptors (Lipinski definition) is 7. The summed E-state index contributed by atoms with van der Waals surface area (Å²) in [4.78, 5) is 26.2. The van der Waals surface area contributed by atoms with Crippen molar-refractivity contribution in [1.82, 2.24) is 4.31 Å². The van der Waals surface area contributed by atoms with Gasteiger partial charge in [0, 0.05) is 29.4 Å². The summed E-state index contributed by atoms with van der Waals surface area (Å²) in [6.45, 7) is 2.73. The second kappa shape index (κ2) is 11.2. The number of halogens is 1. The first-order valence-corrected chi connectivity index (χ1v) is 14.0. The smallest absolute Gasteiger partial charge is 0.262 e. The van der Waals surface area contributed by atoms with E-state index in [9.17, 15) is 18.0 Å². The molecule has 1 saturated heterocycles. The predicted octanol–water partition coefficient (Wildman–Crippen LogP) is 4.46. The minimum atomic E-state index is -3.65. The van der Waals surface area contributed by atoms with Crippen LogP contribution in [-0.4, -0.2) is 51.5 Å². The number of nitrogens with zero attached hydrogens (tertiary/aromatic N) is 1. The summed E-state index contributed by atoms with van der Waals surface area (Å²) in [6.07, 6.45) is 0. The van der Waals surface area contributed by atoms with Crippen LogP contribution in [0.25, 0.3) is 22.3 Å². The van der Waals surface area contributed by atoms with E-state index >= 15 is 0 Å². The molecule has 9 nitrogen and oxygen atoms in total. The molecular weight excluding hydrogens is 544 g/mol. The van der Waals surface area contributed by atoms with E-state index in [1.807, 2.05) is 19.1 Å². The van der Waals surface area contributed by atoms with Crippen LogP contribution in [0.4, 0.5) is 5.69 Å². The molecule has 0 saturated carbocycles. The Bertz CT molecular complexity index is 1680. The quantitative estimate of drug-likeness (QED) is 0.350. The maximum atomic E-state index is 13.3. The number of amides is 1. The topological polar surface area (TPSA) is 115 Å². The van der Waals surface area contributed by atoms with Crippen molar-refractivity contribution in [2.24, 2.45) is 0 Å². The SMILES string of the molecule is Cc1ccc(-c2oc3ccc(Cl)cc3c(=O)c2OCC(=O)Nc2ccc(S(=O)(=O)N3CCOCC3)cc2)cc1. The largest absolute Gasteiger partial charge is 0.476 e. The molecule has 1 aliphatic heterocycles. The molecule has 4 aromatic rings. The Kier molecular flexibility index (Phi) is 7.72.